The fourth-order valence-corrected chi connectivity index (χ4v) is 3.11. The summed E-state index contributed by atoms with van der Waals surface area (Å²) in [5, 5.41) is 3.05. The van der Waals surface area contributed by atoms with Gasteiger partial charge in [-0.2, -0.15) is 0 Å². The quantitative estimate of drug-likeness (QED) is 0.817. The van der Waals surface area contributed by atoms with Crippen molar-refractivity contribution in [1.29, 1.82) is 0 Å². The van der Waals surface area contributed by atoms with Crippen LogP contribution in [0.1, 0.15) is 44.1 Å². The van der Waals surface area contributed by atoms with Gasteiger partial charge in [0.25, 0.3) is 0 Å². The van der Waals surface area contributed by atoms with Crippen molar-refractivity contribution in [1.82, 2.24) is 5.32 Å². The zero-order valence-electron chi connectivity index (χ0n) is 14.3. The molecule has 0 aromatic heterocycles. The summed E-state index contributed by atoms with van der Waals surface area (Å²) in [5.41, 5.74) is 0.932. The van der Waals surface area contributed by atoms with Crippen molar-refractivity contribution in [2.45, 2.75) is 45.1 Å². The molecule has 1 fully saturated rings. The van der Waals surface area contributed by atoms with Gasteiger partial charge in [-0.1, -0.05) is 25.7 Å². The van der Waals surface area contributed by atoms with E-state index in [-0.39, 0.29) is 11.8 Å². The van der Waals surface area contributed by atoms with Crippen LogP contribution >= 0.6 is 0 Å². The van der Waals surface area contributed by atoms with E-state index in [1.54, 1.807) is 21.3 Å². The van der Waals surface area contributed by atoms with E-state index in [1.807, 2.05) is 12.1 Å². The second-order valence-corrected chi connectivity index (χ2v) is 5.94. The van der Waals surface area contributed by atoms with Crippen LogP contribution in [0.15, 0.2) is 12.1 Å². The average Bonchev–Trinajstić information content (AvgIpc) is 2.87. The highest BCUT2D eigenvalue weighted by atomic mass is 16.5. The Balaban J connectivity index is 2.03. The van der Waals surface area contributed by atoms with Crippen molar-refractivity contribution in [2.24, 2.45) is 5.92 Å². The van der Waals surface area contributed by atoms with Gasteiger partial charge in [-0.05, 0) is 30.5 Å². The van der Waals surface area contributed by atoms with Crippen LogP contribution in [-0.2, 0) is 11.3 Å². The second kappa shape index (κ2) is 8.65. The van der Waals surface area contributed by atoms with Gasteiger partial charge in [-0.15, -0.1) is 0 Å². The number of benzene rings is 1. The van der Waals surface area contributed by atoms with Crippen molar-refractivity contribution in [3.8, 4) is 17.2 Å². The van der Waals surface area contributed by atoms with Crippen LogP contribution in [0.5, 0.6) is 17.2 Å². The first kappa shape index (κ1) is 17.4. The van der Waals surface area contributed by atoms with E-state index < -0.39 is 0 Å². The lowest BCUT2D eigenvalue weighted by molar-refractivity contribution is -0.125. The maximum Gasteiger partial charge on any atom is 0.223 e. The van der Waals surface area contributed by atoms with Gasteiger partial charge in [-0.25, -0.2) is 0 Å². The minimum atomic E-state index is 0.152. The zero-order valence-corrected chi connectivity index (χ0v) is 14.3. The summed E-state index contributed by atoms with van der Waals surface area (Å²) < 4.78 is 16.0. The lowest BCUT2D eigenvalue weighted by atomic mass is 9.99. The van der Waals surface area contributed by atoms with Crippen molar-refractivity contribution in [3.63, 3.8) is 0 Å². The van der Waals surface area contributed by atoms with E-state index in [0.717, 1.165) is 31.2 Å². The summed E-state index contributed by atoms with van der Waals surface area (Å²) >= 11 is 0. The predicted molar refractivity (Wildman–Crippen MR) is 89.1 cm³/mol. The fourth-order valence-electron chi connectivity index (χ4n) is 3.11. The number of rotatable bonds is 6. The molecular formula is C18H27NO4. The van der Waals surface area contributed by atoms with E-state index >= 15 is 0 Å². The van der Waals surface area contributed by atoms with Crippen molar-refractivity contribution >= 4 is 5.91 Å². The van der Waals surface area contributed by atoms with Crippen LogP contribution < -0.4 is 19.5 Å². The molecule has 1 aliphatic carbocycles. The number of hydrogen-bond acceptors (Lipinski definition) is 4. The largest absolute Gasteiger partial charge is 0.493 e. The maximum absolute atomic E-state index is 12.4. The molecule has 1 aromatic carbocycles. The van der Waals surface area contributed by atoms with E-state index in [1.165, 1.54) is 12.8 Å². The minimum absolute atomic E-state index is 0.152. The molecule has 0 saturated heterocycles. The molecule has 5 nitrogen and oxygen atoms in total. The van der Waals surface area contributed by atoms with Crippen LogP contribution in [-0.4, -0.2) is 27.2 Å². The van der Waals surface area contributed by atoms with Gasteiger partial charge in [0.2, 0.25) is 11.7 Å². The molecule has 0 spiro atoms. The number of methoxy groups -OCH3 is 3. The van der Waals surface area contributed by atoms with Crippen LogP contribution in [0.25, 0.3) is 0 Å². The van der Waals surface area contributed by atoms with E-state index in [0.29, 0.717) is 23.8 Å². The molecule has 0 radical (unpaired) electrons. The SMILES string of the molecule is COc1cc(CNC(=O)C2CCCCCC2)cc(OC)c1OC. The van der Waals surface area contributed by atoms with Crippen LogP contribution in [0.3, 0.4) is 0 Å². The molecular weight excluding hydrogens is 294 g/mol. The smallest absolute Gasteiger partial charge is 0.223 e. The number of carbonyl (C=O) groups is 1. The van der Waals surface area contributed by atoms with Crippen LogP contribution in [0.4, 0.5) is 0 Å². The average molecular weight is 321 g/mol. The van der Waals surface area contributed by atoms with Crippen molar-refractivity contribution < 1.29 is 19.0 Å². The van der Waals surface area contributed by atoms with Crippen molar-refractivity contribution in [3.05, 3.63) is 17.7 Å². The van der Waals surface area contributed by atoms with E-state index in [4.69, 9.17) is 14.2 Å². The zero-order chi connectivity index (χ0) is 16.7. The maximum atomic E-state index is 12.4. The van der Waals surface area contributed by atoms with Gasteiger partial charge < -0.3 is 19.5 Å². The highest BCUT2D eigenvalue weighted by molar-refractivity contribution is 5.78. The topological polar surface area (TPSA) is 56.8 Å². The third kappa shape index (κ3) is 4.53. The molecule has 1 amide bonds. The normalized spacial score (nSPS) is 15.6. The molecule has 1 aliphatic rings. The molecule has 2 rings (SSSR count). The Morgan fingerprint density at radius 2 is 1.57 bits per heavy atom. The number of hydrogen-bond donors (Lipinski definition) is 1. The van der Waals surface area contributed by atoms with Gasteiger partial charge in [0, 0.05) is 12.5 Å². The summed E-state index contributed by atoms with van der Waals surface area (Å²) in [6.45, 7) is 0.464. The molecule has 0 unspecified atom stereocenters. The Bertz CT molecular complexity index is 497. The highest BCUT2D eigenvalue weighted by Gasteiger charge is 2.20. The molecule has 0 heterocycles. The Morgan fingerprint density at radius 3 is 2.04 bits per heavy atom. The molecule has 1 aromatic rings. The van der Waals surface area contributed by atoms with Gasteiger partial charge in [0.05, 0.1) is 21.3 Å². The highest BCUT2D eigenvalue weighted by Crippen LogP contribution is 2.38. The van der Waals surface area contributed by atoms with Crippen LogP contribution in [0.2, 0.25) is 0 Å². The lowest BCUT2D eigenvalue weighted by Crippen LogP contribution is -2.30. The van der Waals surface area contributed by atoms with Crippen LogP contribution in [0, 0.1) is 5.92 Å². The first-order chi connectivity index (χ1) is 11.2. The molecule has 0 bridgehead atoms. The monoisotopic (exact) mass is 321 g/mol. The molecule has 128 valence electrons. The third-order valence-electron chi connectivity index (χ3n) is 4.42. The van der Waals surface area contributed by atoms with E-state index in [2.05, 4.69) is 5.32 Å². The number of amides is 1. The standard InChI is InChI=1S/C18H27NO4/c1-21-15-10-13(11-16(22-2)17(15)23-3)12-19-18(20)14-8-6-4-5-7-9-14/h10-11,14H,4-9,12H2,1-3H3,(H,19,20). The molecule has 1 N–H and O–H groups in total. The number of nitrogens with one attached hydrogen (secondary N) is 1. The number of carbonyl (C=O) groups excluding carboxylic acids is 1. The molecule has 5 heteroatoms. The molecule has 0 atom stereocenters. The molecule has 23 heavy (non-hydrogen) atoms. The second-order valence-electron chi connectivity index (χ2n) is 5.94. The molecule has 1 saturated carbocycles. The first-order valence-corrected chi connectivity index (χ1v) is 8.26. The summed E-state index contributed by atoms with van der Waals surface area (Å²) in [4.78, 5) is 12.4. The lowest BCUT2D eigenvalue weighted by Gasteiger charge is -2.16. The summed E-state index contributed by atoms with van der Waals surface area (Å²) in [5.74, 6) is 2.07. The van der Waals surface area contributed by atoms with Gasteiger partial charge >= 0.3 is 0 Å². The summed E-state index contributed by atoms with van der Waals surface area (Å²) in [7, 11) is 4.75. The summed E-state index contributed by atoms with van der Waals surface area (Å²) in [6, 6.07) is 3.74. The first-order valence-electron chi connectivity index (χ1n) is 8.26. The van der Waals surface area contributed by atoms with Crippen molar-refractivity contribution in [2.75, 3.05) is 21.3 Å². The van der Waals surface area contributed by atoms with Gasteiger partial charge in [-0.3, -0.25) is 4.79 Å². The number of ether oxygens (including phenoxy) is 3. The Hall–Kier alpha value is -1.91. The van der Waals surface area contributed by atoms with E-state index in [9.17, 15) is 4.79 Å². The van der Waals surface area contributed by atoms with Gasteiger partial charge in [0.1, 0.15) is 0 Å². The summed E-state index contributed by atoms with van der Waals surface area (Å²) in [6.07, 6.45) is 6.81. The Morgan fingerprint density at radius 1 is 1.00 bits per heavy atom. The van der Waals surface area contributed by atoms with Gasteiger partial charge in [0.15, 0.2) is 11.5 Å². The predicted octanol–water partition coefficient (Wildman–Crippen LogP) is 3.30. The third-order valence-corrected chi connectivity index (χ3v) is 4.42. The molecule has 0 aliphatic heterocycles. The Labute approximate surface area is 138 Å². The minimum Gasteiger partial charge on any atom is -0.493 e. The fraction of sp³-hybridized carbons (Fsp3) is 0.611. The Kier molecular flexibility index (Phi) is 6.56.